The minimum atomic E-state index is 0. The van der Waals surface area contributed by atoms with Crippen LogP contribution in [0.5, 0.6) is 0 Å². The molecule has 0 unspecified atom stereocenters. The zero-order valence-electron chi connectivity index (χ0n) is 26.0. The third-order valence-corrected chi connectivity index (χ3v) is 8.18. The van der Waals surface area contributed by atoms with Crippen molar-refractivity contribution >= 4 is 22.1 Å². The molecule has 4 heterocycles. The molecule has 0 aliphatic carbocycles. The molecule has 5 heteroatoms. The molecule has 1 radical (unpaired) electrons. The van der Waals surface area contributed by atoms with Crippen molar-refractivity contribution in [2.75, 3.05) is 0 Å². The quantitative estimate of drug-likeness (QED) is 0.158. The topological polar surface area (TPSA) is 51.8 Å². The van der Waals surface area contributed by atoms with Crippen LogP contribution in [0.4, 0.5) is 0 Å². The monoisotopic (exact) mass is 766 g/mol. The molecule has 0 aliphatic rings. The molecule has 0 fully saturated rings. The van der Waals surface area contributed by atoms with Crippen LogP contribution in [-0.4, -0.2) is 15.0 Å². The van der Waals surface area contributed by atoms with Gasteiger partial charge in [0.1, 0.15) is 0 Å². The Kier molecular flexibility index (Phi) is 10.3. The molecule has 0 amide bonds. The Morgan fingerprint density at radius 2 is 1.47 bits per heavy atom. The van der Waals surface area contributed by atoms with E-state index in [1.165, 1.54) is 22.3 Å². The van der Waals surface area contributed by atoms with Crippen LogP contribution in [0.1, 0.15) is 49.3 Å². The molecule has 227 valence electrons. The predicted octanol–water partition coefficient (Wildman–Crippen LogP) is 10.6. The number of benzene rings is 3. The third-order valence-electron chi connectivity index (χ3n) is 8.18. The van der Waals surface area contributed by atoms with Crippen LogP contribution in [0.25, 0.3) is 55.8 Å². The smallest absolute Gasteiger partial charge is 0.216 e. The summed E-state index contributed by atoms with van der Waals surface area (Å²) in [6.07, 6.45) is 5.92. The van der Waals surface area contributed by atoms with Crippen LogP contribution in [0.15, 0.2) is 114 Å². The zero-order chi connectivity index (χ0) is 30.5. The summed E-state index contributed by atoms with van der Waals surface area (Å²) in [4.78, 5) is 13.8. The van der Waals surface area contributed by atoms with E-state index < -0.39 is 0 Å². The van der Waals surface area contributed by atoms with Crippen LogP contribution in [-0.2, 0) is 20.1 Å². The second-order valence-electron chi connectivity index (χ2n) is 11.0. The van der Waals surface area contributed by atoms with Crippen molar-refractivity contribution in [1.29, 1.82) is 0 Å². The first kappa shape index (κ1) is 32.0. The van der Waals surface area contributed by atoms with Crippen LogP contribution < -0.4 is 0 Å². The van der Waals surface area contributed by atoms with Gasteiger partial charge in [-0.05, 0) is 79.4 Å². The maximum absolute atomic E-state index is 6.35. The van der Waals surface area contributed by atoms with E-state index in [1.54, 1.807) is 6.20 Å². The van der Waals surface area contributed by atoms with Crippen LogP contribution >= 0.6 is 0 Å². The Labute approximate surface area is 279 Å². The number of rotatable bonds is 6. The van der Waals surface area contributed by atoms with E-state index in [0.717, 1.165) is 57.4 Å². The number of nitrogens with zero attached hydrogens (tertiary/aromatic N) is 3. The summed E-state index contributed by atoms with van der Waals surface area (Å²) in [5, 5.41) is 2.06. The van der Waals surface area contributed by atoms with Crippen molar-refractivity contribution in [3.63, 3.8) is 0 Å². The summed E-state index contributed by atoms with van der Waals surface area (Å²) in [6.45, 7) is 8.72. The van der Waals surface area contributed by atoms with E-state index in [-0.39, 0.29) is 20.1 Å². The number of aryl methyl sites for hydroxylation is 2. The van der Waals surface area contributed by atoms with Crippen molar-refractivity contribution in [2.24, 2.45) is 0 Å². The summed E-state index contributed by atoms with van der Waals surface area (Å²) in [6, 6.07) is 39.0. The van der Waals surface area contributed by atoms with Crippen LogP contribution in [0.3, 0.4) is 0 Å². The number of hydrogen-bond acceptors (Lipinski definition) is 4. The zero-order valence-corrected chi connectivity index (χ0v) is 28.4. The number of fused-ring (bicyclic) bond motifs is 3. The van der Waals surface area contributed by atoms with Gasteiger partial charge in [0.25, 0.3) is 0 Å². The largest absolute Gasteiger partial charge is 0.486 e. The van der Waals surface area contributed by atoms with Gasteiger partial charge in [-0.2, -0.15) is 0 Å². The van der Waals surface area contributed by atoms with Crippen molar-refractivity contribution in [3.05, 3.63) is 138 Å². The number of pyridine rings is 3. The number of hydrogen-bond donors (Lipinski definition) is 0. The molecule has 0 spiro atoms. The van der Waals surface area contributed by atoms with Crippen molar-refractivity contribution < 1.29 is 24.5 Å². The molecule has 3 aromatic carbocycles. The molecule has 4 aromatic heterocycles. The minimum absolute atomic E-state index is 0. The summed E-state index contributed by atoms with van der Waals surface area (Å²) in [5.74, 6) is 0.535. The van der Waals surface area contributed by atoms with Gasteiger partial charge in [0.2, 0.25) is 5.71 Å². The summed E-state index contributed by atoms with van der Waals surface area (Å²) >= 11 is 0. The van der Waals surface area contributed by atoms with Gasteiger partial charge >= 0.3 is 0 Å². The maximum atomic E-state index is 6.35. The van der Waals surface area contributed by atoms with Crippen molar-refractivity contribution in [2.45, 2.75) is 46.5 Å². The van der Waals surface area contributed by atoms with Gasteiger partial charge in [0.05, 0.1) is 11.3 Å². The van der Waals surface area contributed by atoms with E-state index in [0.29, 0.717) is 11.6 Å². The predicted molar refractivity (Wildman–Crippen MR) is 180 cm³/mol. The molecule has 0 atom stereocenters. The second-order valence-corrected chi connectivity index (χ2v) is 11.0. The van der Waals surface area contributed by atoms with Crippen LogP contribution in [0, 0.1) is 26.0 Å². The van der Waals surface area contributed by atoms with Gasteiger partial charge in [-0.3, -0.25) is 0 Å². The van der Waals surface area contributed by atoms with E-state index >= 15 is 0 Å². The molecule has 0 aliphatic heterocycles. The molecular weight excluding hydrogens is 731 g/mol. The molecule has 0 saturated heterocycles. The first-order chi connectivity index (χ1) is 21.6. The van der Waals surface area contributed by atoms with E-state index in [4.69, 9.17) is 9.40 Å². The number of furan rings is 1. The Hall–Kier alpha value is -4.44. The fourth-order valence-corrected chi connectivity index (χ4v) is 5.84. The molecule has 0 saturated carbocycles. The first-order valence-electron chi connectivity index (χ1n) is 15.2. The van der Waals surface area contributed by atoms with Gasteiger partial charge in [0.15, 0.2) is 0 Å². The summed E-state index contributed by atoms with van der Waals surface area (Å²) < 4.78 is 6.35. The maximum Gasteiger partial charge on any atom is 0.216 e. The van der Waals surface area contributed by atoms with Gasteiger partial charge < -0.3 is 14.4 Å². The molecule has 4 nitrogen and oxygen atoms in total. The molecule has 0 N–H and O–H groups in total. The SMILES string of the molecule is CCC(CC)c1ccnc(-c2[c-]ccc3c2oc2nc(-c4c(C)cccc4C)ccc23)c1.[Ir].[c-]1ccccc1-c1ccccn1. The van der Waals surface area contributed by atoms with E-state index in [1.807, 2.05) is 54.7 Å². The molecule has 7 rings (SSSR count). The van der Waals surface area contributed by atoms with Gasteiger partial charge in [-0.25, -0.2) is 4.98 Å². The van der Waals surface area contributed by atoms with Crippen molar-refractivity contribution in [3.8, 4) is 33.8 Å². The van der Waals surface area contributed by atoms with Gasteiger partial charge in [-0.1, -0.05) is 66.8 Å². The normalized spacial score (nSPS) is 10.9. The van der Waals surface area contributed by atoms with E-state index in [9.17, 15) is 0 Å². The Morgan fingerprint density at radius 3 is 2.18 bits per heavy atom. The Morgan fingerprint density at radius 1 is 0.689 bits per heavy atom. The fourth-order valence-electron chi connectivity index (χ4n) is 5.84. The third kappa shape index (κ3) is 6.80. The van der Waals surface area contributed by atoms with Gasteiger partial charge in [0, 0.05) is 43.4 Å². The average Bonchev–Trinajstić information content (AvgIpc) is 3.45. The standard InChI is InChI=1S/C29H27N2O.C11H8N.Ir/c1-5-20(6-2)21-15-16-30-26(17-21)24-12-8-11-22-23-13-14-25(31-29(23)32-28(22)24)27-18(3)9-7-10-19(27)4;1-2-6-10(7-3-1)11-8-4-5-9-12-11;/h7-11,13-17,20H,5-6H2,1-4H3;1-6,8-9H;/q2*-1;. The number of aromatic nitrogens is 3. The van der Waals surface area contributed by atoms with E-state index in [2.05, 4.69) is 98.3 Å². The molecule has 45 heavy (non-hydrogen) atoms. The Balaban J connectivity index is 0.000000258. The summed E-state index contributed by atoms with van der Waals surface area (Å²) in [5.41, 5.74) is 11.1. The first-order valence-corrected chi connectivity index (χ1v) is 15.2. The summed E-state index contributed by atoms with van der Waals surface area (Å²) in [7, 11) is 0. The molecular formula is C40H35IrN3O-2. The second kappa shape index (κ2) is 14.6. The molecule has 0 bridgehead atoms. The van der Waals surface area contributed by atoms with Crippen LogP contribution in [0.2, 0.25) is 0 Å². The Bertz CT molecular complexity index is 1960. The minimum Gasteiger partial charge on any atom is -0.486 e. The molecule has 7 aromatic rings. The fraction of sp³-hybridized carbons (Fsp3) is 0.175. The van der Waals surface area contributed by atoms with Gasteiger partial charge in [-0.15, -0.1) is 54.1 Å². The van der Waals surface area contributed by atoms with Crippen molar-refractivity contribution in [1.82, 2.24) is 15.0 Å². The average molecular weight is 766 g/mol.